The molecule has 188 valence electrons. The predicted octanol–water partition coefficient (Wildman–Crippen LogP) is 4.67. The highest BCUT2D eigenvalue weighted by atomic mass is 19.1. The second-order valence-corrected chi connectivity index (χ2v) is 9.43. The third kappa shape index (κ3) is 4.80. The summed E-state index contributed by atoms with van der Waals surface area (Å²) in [5, 5.41) is 4.74. The lowest BCUT2D eigenvalue weighted by Crippen LogP contribution is -2.48. The number of hydrogen-bond acceptors (Lipinski definition) is 5. The van der Waals surface area contributed by atoms with E-state index in [2.05, 4.69) is 11.0 Å². The van der Waals surface area contributed by atoms with Crippen molar-refractivity contribution < 1.29 is 18.7 Å². The van der Waals surface area contributed by atoms with Gasteiger partial charge in [-0.2, -0.15) is 5.10 Å². The Hall–Kier alpha value is -4.17. The first-order chi connectivity index (χ1) is 18.0. The maximum atomic E-state index is 13.7. The SMILES string of the molecule is Cc1ccc(-n2nc(-c3ccc(F)cc3)cc2C(=O)N2CCN(Cc3ccc4c(c3)OCO4)CC2)cc1. The van der Waals surface area contributed by atoms with Gasteiger partial charge in [0.1, 0.15) is 11.5 Å². The minimum Gasteiger partial charge on any atom is -0.454 e. The molecule has 6 rings (SSSR count). The first kappa shape index (κ1) is 23.2. The molecule has 0 atom stereocenters. The second-order valence-electron chi connectivity index (χ2n) is 9.43. The van der Waals surface area contributed by atoms with Gasteiger partial charge in [0, 0.05) is 38.3 Å². The maximum Gasteiger partial charge on any atom is 0.272 e. The molecule has 0 N–H and O–H groups in total. The van der Waals surface area contributed by atoms with Crippen molar-refractivity contribution in [2.75, 3.05) is 33.0 Å². The molecule has 1 fully saturated rings. The van der Waals surface area contributed by atoms with Crippen LogP contribution in [0.4, 0.5) is 4.39 Å². The molecular formula is C29H27FN4O3. The highest BCUT2D eigenvalue weighted by molar-refractivity contribution is 5.94. The van der Waals surface area contributed by atoms with E-state index in [1.54, 1.807) is 22.9 Å². The van der Waals surface area contributed by atoms with Gasteiger partial charge in [-0.3, -0.25) is 9.69 Å². The van der Waals surface area contributed by atoms with Crippen molar-refractivity contribution in [3.8, 4) is 28.4 Å². The Labute approximate surface area is 214 Å². The molecule has 1 aromatic heterocycles. The number of benzene rings is 3. The fourth-order valence-electron chi connectivity index (χ4n) is 4.75. The van der Waals surface area contributed by atoms with E-state index in [4.69, 9.17) is 14.6 Å². The molecule has 8 heteroatoms. The zero-order valence-corrected chi connectivity index (χ0v) is 20.6. The van der Waals surface area contributed by atoms with E-state index >= 15 is 0 Å². The number of ether oxygens (including phenoxy) is 2. The lowest BCUT2D eigenvalue weighted by Gasteiger charge is -2.34. The van der Waals surface area contributed by atoms with Crippen LogP contribution in [0.2, 0.25) is 0 Å². The van der Waals surface area contributed by atoms with E-state index < -0.39 is 0 Å². The first-order valence-electron chi connectivity index (χ1n) is 12.4. The molecule has 3 aromatic carbocycles. The predicted molar refractivity (Wildman–Crippen MR) is 137 cm³/mol. The van der Waals surface area contributed by atoms with Gasteiger partial charge in [-0.1, -0.05) is 23.8 Å². The molecule has 0 saturated carbocycles. The Kier molecular flexibility index (Phi) is 6.10. The summed E-state index contributed by atoms with van der Waals surface area (Å²) < 4.78 is 26.1. The molecule has 1 amide bonds. The van der Waals surface area contributed by atoms with Gasteiger partial charge in [0.05, 0.1) is 11.4 Å². The molecule has 1 saturated heterocycles. The lowest BCUT2D eigenvalue weighted by molar-refractivity contribution is 0.0619. The molecule has 3 heterocycles. The smallest absolute Gasteiger partial charge is 0.272 e. The number of fused-ring (bicyclic) bond motifs is 1. The molecular weight excluding hydrogens is 471 g/mol. The standard InChI is InChI=1S/C29H27FN4O3/c1-20-2-9-24(10-3-20)34-26(17-25(31-34)22-5-7-23(30)8-6-22)29(35)33-14-12-32(13-15-33)18-21-4-11-27-28(16-21)37-19-36-27/h2-11,16-17H,12-15,18-19H2,1H3. The molecule has 7 nitrogen and oxygen atoms in total. The van der Waals surface area contributed by atoms with Crippen molar-refractivity contribution >= 4 is 5.91 Å². The molecule has 4 aromatic rings. The fraction of sp³-hybridized carbons (Fsp3) is 0.241. The van der Waals surface area contributed by atoms with Crippen molar-refractivity contribution in [1.82, 2.24) is 19.6 Å². The van der Waals surface area contributed by atoms with E-state index in [1.807, 2.05) is 48.2 Å². The van der Waals surface area contributed by atoms with Crippen LogP contribution in [-0.4, -0.2) is 58.5 Å². The number of carbonyl (C=O) groups excluding carboxylic acids is 1. The largest absolute Gasteiger partial charge is 0.454 e. The van der Waals surface area contributed by atoms with E-state index in [0.29, 0.717) is 24.5 Å². The third-order valence-electron chi connectivity index (χ3n) is 6.85. The van der Waals surface area contributed by atoms with Crippen molar-refractivity contribution in [1.29, 1.82) is 0 Å². The second kappa shape index (κ2) is 9.71. The van der Waals surface area contributed by atoms with Gasteiger partial charge >= 0.3 is 0 Å². The van der Waals surface area contributed by atoms with Gasteiger partial charge in [-0.05, 0) is 67.1 Å². The summed E-state index contributed by atoms with van der Waals surface area (Å²) in [6.45, 7) is 5.85. The van der Waals surface area contributed by atoms with Gasteiger partial charge in [0.15, 0.2) is 11.5 Å². The summed E-state index contributed by atoms with van der Waals surface area (Å²) in [5.74, 6) is 1.19. The quantitative estimate of drug-likeness (QED) is 0.400. The number of hydrogen-bond donors (Lipinski definition) is 0. The Morgan fingerprint density at radius 3 is 2.38 bits per heavy atom. The van der Waals surface area contributed by atoms with Crippen molar-refractivity contribution in [3.63, 3.8) is 0 Å². The van der Waals surface area contributed by atoms with Crippen LogP contribution in [0.3, 0.4) is 0 Å². The molecule has 37 heavy (non-hydrogen) atoms. The normalized spacial score (nSPS) is 15.2. The number of halogens is 1. The fourth-order valence-corrected chi connectivity index (χ4v) is 4.75. The van der Waals surface area contributed by atoms with Gasteiger partial charge in [-0.25, -0.2) is 9.07 Å². The minimum absolute atomic E-state index is 0.0656. The number of nitrogens with zero attached hydrogens (tertiary/aromatic N) is 4. The zero-order valence-electron chi connectivity index (χ0n) is 20.6. The first-order valence-corrected chi connectivity index (χ1v) is 12.4. The number of aryl methyl sites for hydroxylation is 1. The Balaban J connectivity index is 1.20. The summed E-state index contributed by atoms with van der Waals surface area (Å²) in [7, 11) is 0. The summed E-state index contributed by atoms with van der Waals surface area (Å²) >= 11 is 0. The van der Waals surface area contributed by atoms with Crippen LogP contribution >= 0.6 is 0 Å². The van der Waals surface area contributed by atoms with Crippen LogP contribution < -0.4 is 9.47 Å². The number of aromatic nitrogens is 2. The molecule has 0 aliphatic carbocycles. The number of amides is 1. The van der Waals surface area contributed by atoms with E-state index in [0.717, 1.165) is 53.5 Å². The molecule has 2 aliphatic heterocycles. The number of carbonyl (C=O) groups is 1. The molecule has 0 unspecified atom stereocenters. The lowest BCUT2D eigenvalue weighted by atomic mass is 10.1. The van der Waals surface area contributed by atoms with Crippen LogP contribution in [0.25, 0.3) is 16.9 Å². The van der Waals surface area contributed by atoms with Crippen molar-refractivity contribution in [2.24, 2.45) is 0 Å². The Morgan fingerprint density at radius 2 is 1.62 bits per heavy atom. The van der Waals surface area contributed by atoms with Crippen LogP contribution in [-0.2, 0) is 6.54 Å². The minimum atomic E-state index is -0.309. The molecule has 2 aliphatic rings. The number of rotatable bonds is 5. The van der Waals surface area contributed by atoms with Crippen LogP contribution in [0, 0.1) is 12.7 Å². The highest BCUT2D eigenvalue weighted by Crippen LogP contribution is 2.33. The maximum absolute atomic E-state index is 13.7. The summed E-state index contributed by atoms with van der Waals surface area (Å²) in [5.41, 5.74) is 4.97. The summed E-state index contributed by atoms with van der Waals surface area (Å²) in [6, 6.07) is 21.9. The van der Waals surface area contributed by atoms with Crippen LogP contribution in [0.1, 0.15) is 21.6 Å². The molecule has 0 spiro atoms. The average Bonchev–Trinajstić information content (AvgIpc) is 3.57. The third-order valence-corrected chi connectivity index (χ3v) is 6.85. The summed E-state index contributed by atoms with van der Waals surface area (Å²) in [6.07, 6.45) is 0. The van der Waals surface area contributed by atoms with E-state index in [1.165, 1.54) is 12.1 Å². The van der Waals surface area contributed by atoms with Crippen LogP contribution in [0.5, 0.6) is 11.5 Å². The zero-order chi connectivity index (χ0) is 25.4. The van der Waals surface area contributed by atoms with Crippen molar-refractivity contribution in [2.45, 2.75) is 13.5 Å². The molecule has 0 radical (unpaired) electrons. The highest BCUT2D eigenvalue weighted by Gasteiger charge is 2.27. The van der Waals surface area contributed by atoms with Gasteiger partial charge < -0.3 is 14.4 Å². The van der Waals surface area contributed by atoms with Crippen molar-refractivity contribution in [3.05, 3.63) is 95.4 Å². The Morgan fingerprint density at radius 1 is 0.892 bits per heavy atom. The number of piperazine rings is 1. The van der Waals surface area contributed by atoms with Gasteiger partial charge in [-0.15, -0.1) is 0 Å². The average molecular weight is 499 g/mol. The topological polar surface area (TPSA) is 59.8 Å². The van der Waals surface area contributed by atoms with Gasteiger partial charge in [0.2, 0.25) is 6.79 Å². The van der Waals surface area contributed by atoms with Crippen LogP contribution in [0.15, 0.2) is 72.8 Å². The van der Waals surface area contributed by atoms with E-state index in [-0.39, 0.29) is 18.5 Å². The Bertz CT molecular complexity index is 1420. The monoisotopic (exact) mass is 498 g/mol. The molecule has 0 bridgehead atoms. The van der Waals surface area contributed by atoms with E-state index in [9.17, 15) is 9.18 Å². The summed E-state index contributed by atoms with van der Waals surface area (Å²) in [4.78, 5) is 17.9. The van der Waals surface area contributed by atoms with Gasteiger partial charge in [0.25, 0.3) is 5.91 Å².